The molecule has 2 rings (SSSR count). The second-order valence-electron chi connectivity index (χ2n) is 4.29. The highest BCUT2D eigenvalue weighted by molar-refractivity contribution is 6.30. The first-order valence-corrected chi connectivity index (χ1v) is 6.03. The standard InChI is InChI=1S/C15H14ClNO/c1-17(2)15(18)13-7-3-5-11(9-13)12-6-4-8-14(16)10-12/h3-10H,1-2H3. The number of amides is 1. The molecule has 2 aromatic carbocycles. The number of rotatable bonds is 2. The molecule has 0 radical (unpaired) electrons. The summed E-state index contributed by atoms with van der Waals surface area (Å²) in [4.78, 5) is 13.5. The van der Waals surface area contributed by atoms with Crippen LogP contribution in [0, 0.1) is 0 Å². The summed E-state index contributed by atoms with van der Waals surface area (Å²) in [6.07, 6.45) is 0. The average Bonchev–Trinajstić information content (AvgIpc) is 2.38. The van der Waals surface area contributed by atoms with E-state index in [1.165, 1.54) is 0 Å². The second-order valence-corrected chi connectivity index (χ2v) is 4.73. The van der Waals surface area contributed by atoms with Gasteiger partial charge in [0.25, 0.3) is 5.91 Å². The van der Waals surface area contributed by atoms with Crippen LogP contribution in [0.5, 0.6) is 0 Å². The van der Waals surface area contributed by atoms with Crippen molar-refractivity contribution in [1.82, 2.24) is 4.90 Å². The first-order valence-electron chi connectivity index (χ1n) is 5.65. The third-order valence-electron chi connectivity index (χ3n) is 2.67. The number of hydrogen-bond acceptors (Lipinski definition) is 1. The van der Waals surface area contributed by atoms with E-state index in [-0.39, 0.29) is 5.91 Å². The summed E-state index contributed by atoms with van der Waals surface area (Å²) in [7, 11) is 3.49. The summed E-state index contributed by atoms with van der Waals surface area (Å²) in [5.74, 6) is -0.00104. The molecular weight excluding hydrogens is 246 g/mol. The third kappa shape index (κ3) is 2.71. The molecule has 2 aromatic rings. The fourth-order valence-corrected chi connectivity index (χ4v) is 1.95. The molecule has 0 atom stereocenters. The van der Waals surface area contributed by atoms with Crippen molar-refractivity contribution >= 4 is 17.5 Å². The second kappa shape index (κ2) is 5.23. The molecular formula is C15H14ClNO. The highest BCUT2D eigenvalue weighted by Gasteiger charge is 2.08. The van der Waals surface area contributed by atoms with Crippen LogP contribution in [-0.2, 0) is 0 Å². The van der Waals surface area contributed by atoms with Crippen LogP contribution in [0.1, 0.15) is 10.4 Å². The predicted octanol–water partition coefficient (Wildman–Crippen LogP) is 3.71. The molecule has 0 unspecified atom stereocenters. The van der Waals surface area contributed by atoms with Gasteiger partial charge in [0, 0.05) is 24.7 Å². The van der Waals surface area contributed by atoms with Gasteiger partial charge in [0.05, 0.1) is 0 Å². The topological polar surface area (TPSA) is 20.3 Å². The van der Waals surface area contributed by atoms with Crippen molar-refractivity contribution in [3.05, 3.63) is 59.1 Å². The Morgan fingerprint density at radius 2 is 1.61 bits per heavy atom. The molecule has 1 amide bonds. The van der Waals surface area contributed by atoms with Crippen LogP contribution in [0.15, 0.2) is 48.5 Å². The molecule has 3 heteroatoms. The van der Waals surface area contributed by atoms with Gasteiger partial charge in [-0.05, 0) is 35.4 Å². The largest absolute Gasteiger partial charge is 0.345 e. The summed E-state index contributed by atoms with van der Waals surface area (Å²) in [6.45, 7) is 0. The van der Waals surface area contributed by atoms with Crippen molar-refractivity contribution in [2.45, 2.75) is 0 Å². The lowest BCUT2D eigenvalue weighted by Crippen LogP contribution is -2.21. The van der Waals surface area contributed by atoms with Gasteiger partial charge in [-0.2, -0.15) is 0 Å². The molecule has 18 heavy (non-hydrogen) atoms. The third-order valence-corrected chi connectivity index (χ3v) is 2.91. The van der Waals surface area contributed by atoms with E-state index in [2.05, 4.69) is 0 Å². The van der Waals surface area contributed by atoms with Crippen molar-refractivity contribution in [2.75, 3.05) is 14.1 Å². The van der Waals surface area contributed by atoms with Crippen LogP contribution < -0.4 is 0 Å². The molecule has 0 N–H and O–H groups in total. The van der Waals surface area contributed by atoms with Crippen LogP contribution in [0.25, 0.3) is 11.1 Å². The van der Waals surface area contributed by atoms with Crippen LogP contribution in [-0.4, -0.2) is 24.9 Å². The minimum absolute atomic E-state index is 0.00104. The van der Waals surface area contributed by atoms with Gasteiger partial charge >= 0.3 is 0 Å². The van der Waals surface area contributed by atoms with Gasteiger partial charge in [-0.1, -0.05) is 35.9 Å². The van der Waals surface area contributed by atoms with E-state index in [1.54, 1.807) is 19.0 Å². The molecule has 0 aromatic heterocycles. The minimum Gasteiger partial charge on any atom is -0.345 e. The number of benzene rings is 2. The maximum atomic E-state index is 11.9. The molecule has 0 saturated carbocycles. The van der Waals surface area contributed by atoms with E-state index in [1.807, 2.05) is 48.5 Å². The van der Waals surface area contributed by atoms with Crippen molar-refractivity contribution in [3.63, 3.8) is 0 Å². The first kappa shape index (κ1) is 12.7. The van der Waals surface area contributed by atoms with E-state index in [0.29, 0.717) is 10.6 Å². The Morgan fingerprint density at radius 1 is 1.00 bits per heavy atom. The summed E-state index contributed by atoms with van der Waals surface area (Å²) in [6, 6.07) is 15.2. The Balaban J connectivity index is 2.42. The average molecular weight is 260 g/mol. The zero-order valence-corrected chi connectivity index (χ0v) is 11.1. The van der Waals surface area contributed by atoms with Gasteiger partial charge in [0.1, 0.15) is 0 Å². The smallest absolute Gasteiger partial charge is 0.253 e. The molecule has 0 heterocycles. The fraction of sp³-hybridized carbons (Fsp3) is 0.133. The van der Waals surface area contributed by atoms with E-state index < -0.39 is 0 Å². The lowest BCUT2D eigenvalue weighted by atomic mass is 10.0. The van der Waals surface area contributed by atoms with Gasteiger partial charge in [0.2, 0.25) is 0 Å². The van der Waals surface area contributed by atoms with E-state index in [0.717, 1.165) is 11.1 Å². The van der Waals surface area contributed by atoms with Gasteiger partial charge in [-0.3, -0.25) is 4.79 Å². The lowest BCUT2D eigenvalue weighted by molar-refractivity contribution is 0.0827. The molecule has 0 bridgehead atoms. The maximum absolute atomic E-state index is 11.9. The Bertz CT molecular complexity index is 578. The molecule has 0 fully saturated rings. The van der Waals surface area contributed by atoms with Gasteiger partial charge < -0.3 is 4.90 Å². The summed E-state index contributed by atoms with van der Waals surface area (Å²) in [5.41, 5.74) is 2.68. The Morgan fingerprint density at radius 3 is 2.22 bits per heavy atom. The Labute approximate surface area is 112 Å². The molecule has 0 aliphatic rings. The summed E-state index contributed by atoms with van der Waals surface area (Å²) >= 11 is 5.97. The molecule has 2 nitrogen and oxygen atoms in total. The predicted molar refractivity (Wildman–Crippen MR) is 74.9 cm³/mol. The molecule has 0 spiro atoms. The fourth-order valence-electron chi connectivity index (χ4n) is 1.76. The first-order chi connectivity index (χ1) is 8.58. The normalized spacial score (nSPS) is 10.2. The highest BCUT2D eigenvalue weighted by Crippen LogP contribution is 2.23. The lowest BCUT2D eigenvalue weighted by Gasteiger charge is -2.11. The van der Waals surface area contributed by atoms with E-state index in [4.69, 9.17) is 11.6 Å². The zero-order valence-electron chi connectivity index (χ0n) is 10.4. The molecule has 0 saturated heterocycles. The van der Waals surface area contributed by atoms with Crippen LogP contribution in [0.3, 0.4) is 0 Å². The van der Waals surface area contributed by atoms with Crippen molar-refractivity contribution < 1.29 is 4.79 Å². The van der Waals surface area contributed by atoms with Gasteiger partial charge in [0.15, 0.2) is 0 Å². The van der Waals surface area contributed by atoms with Gasteiger partial charge in [-0.15, -0.1) is 0 Å². The Hall–Kier alpha value is -1.80. The SMILES string of the molecule is CN(C)C(=O)c1cccc(-c2cccc(Cl)c2)c1. The zero-order chi connectivity index (χ0) is 13.1. The Kier molecular flexibility index (Phi) is 3.68. The van der Waals surface area contributed by atoms with Crippen molar-refractivity contribution in [3.8, 4) is 11.1 Å². The summed E-state index contributed by atoms with van der Waals surface area (Å²) < 4.78 is 0. The molecule has 92 valence electrons. The van der Waals surface area contributed by atoms with Crippen molar-refractivity contribution in [2.24, 2.45) is 0 Å². The van der Waals surface area contributed by atoms with Crippen LogP contribution in [0.4, 0.5) is 0 Å². The number of nitrogens with zero attached hydrogens (tertiary/aromatic N) is 1. The molecule has 0 aliphatic carbocycles. The monoisotopic (exact) mass is 259 g/mol. The number of carbonyl (C=O) groups excluding carboxylic acids is 1. The molecule has 0 aliphatic heterocycles. The number of hydrogen-bond donors (Lipinski definition) is 0. The van der Waals surface area contributed by atoms with Crippen molar-refractivity contribution in [1.29, 1.82) is 0 Å². The number of halogens is 1. The maximum Gasteiger partial charge on any atom is 0.253 e. The van der Waals surface area contributed by atoms with Crippen LogP contribution >= 0.6 is 11.6 Å². The van der Waals surface area contributed by atoms with Crippen LogP contribution in [0.2, 0.25) is 5.02 Å². The highest BCUT2D eigenvalue weighted by atomic mass is 35.5. The minimum atomic E-state index is -0.00104. The van der Waals surface area contributed by atoms with E-state index >= 15 is 0 Å². The summed E-state index contributed by atoms with van der Waals surface area (Å²) in [5, 5.41) is 0.692. The van der Waals surface area contributed by atoms with E-state index in [9.17, 15) is 4.79 Å². The van der Waals surface area contributed by atoms with Gasteiger partial charge in [-0.25, -0.2) is 0 Å². The number of carbonyl (C=O) groups is 1. The quantitative estimate of drug-likeness (QED) is 0.805.